The summed E-state index contributed by atoms with van der Waals surface area (Å²) in [5, 5.41) is 1.22. The monoisotopic (exact) mass is 189 g/mol. The molecule has 66 valence electrons. The third-order valence-electron chi connectivity index (χ3n) is 2.04. The molecule has 2 heteroatoms. The van der Waals surface area contributed by atoms with Crippen LogP contribution in [0.4, 0.5) is 0 Å². The fraction of sp³-hybridized carbons (Fsp3) is 0.182. The topological polar surface area (TPSA) is 12.9 Å². The molecule has 0 bridgehead atoms. The smallest absolute Gasteiger partial charge is 0.0840 e. The minimum Gasteiger partial charge on any atom is -0.252 e. The van der Waals surface area contributed by atoms with Gasteiger partial charge in [-0.05, 0) is 25.3 Å². The highest BCUT2D eigenvalue weighted by Gasteiger charge is 2.00. The number of thioether (sulfide) groups is 1. The highest BCUT2D eigenvalue weighted by Crippen LogP contribution is 2.24. The van der Waals surface area contributed by atoms with Gasteiger partial charge in [-0.1, -0.05) is 18.2 Å². The van der Waals surface area contributed by atoms with Crippen molar-refractivity contribution in [3.05, 3.63) is 36.0 Å². The van der Waals surface area contributed by atoms with Crippen LogP contribution < -0.4 is 0 Å². The lowest BCUT2D eigenvalue weighted by Crippen LogP contribution is -1.84. The van der Waals surface area contributed by atoms with Crippen LogP contribution in [0.25, 0.3) is 10.9 Å². The van der Waals surface area contributed by atoms with Crippen molar-refractivity contribution in [1.82, 2.24) is 4.98 Å². The first-order valence-corrected chi connectivity index (χ1v) is 5.44. The first-order chi connectivity index (χ1) is 6.31. The van der Waals surface area contributed by atoms with Gasteiger partial charge in [0.1, 0.15) is 0 Å². The number of pyridine rings is 1. The van der Waals surface area contributed by atoms with Gasteiger partial charge >= 0.3 is 0 Å². The van der Waals surface area contributed by atoms with Gasteiger partial charge in [-0.15, -0.1) is 11.8 Å². The van der Waals surface area contributed by atoms with E-state index in [0.29, 0.717) is 0 Å². The molecule has 0 aliphatic heterocycles. The number of aryl methyl sites for hydroxylation is 1. The first kappa shape index (κ1) is 8.57. The van der Waals surface area contributed by atoms with E-state index in [1.165, 1.54) is 10.3 Å². The first-order valence-electron chi connectivity index (χ1n) is 4.21. The zero-order valence-corrected chi connectivity index (χ0v) is 8.56. The third kappa shape index (κ3) is 1.54. The summed E-state index contributed by atoms with van der Waals surface area (Å²) in [7, 11) is 0. The SMILES string of the molecule is CSc1cccc2ccc(C)nc12. The molecule has 0 aliphatic rings. The molecule has 0 fully saturated rings. The van der Waals surface area contributed by atoms with Gasteiger partial charge < -0.3 is 0 Å². The zero-order valence-electron chi connectivity index (χ0n) is 7.74. The number of nitrogens with zero attached hydrogens (tertiary/aromatic N) is 1. The summed E-state index contributed by atoms with van der Waals surface area (Å²) in [6, 6.07) is 10.5. The van der Waals surface area contributed by atoms with Crippen molar-refractivity contribution in [3.8, 4) is 0 Å². The molecule has 13 heavy (non-hydrogen) atoms. The molecule has 0 unspecified atom stereocenters. The van der Waals surface area contributed by atoms with Crippen molar-refractivity contribution in [3.63, 3.8) is 0 Å². The standard InChI is InChI=1S/C11H11NS/c1-8-6-7-9-4-3-5-10(13-2)11(9)12-8/h3-7H,1-2H3. The maximum absolute atomic E-state index is 4.53. The van der Waals surface area contributed by atoms with Crippen molar-refractivity contribution in [2.24, 2.45) is 0 Å². The van der Waals surface area contributed by atoms with E-state index in [9.17, 15) is 0 Å². The largest absolute Gasteiger partial charge is 0.252 e. The van der Waals surface area contributed by atoms with Crippen LogP contribution in [-0.2, 0) is 0 Å². The molecule has 0 amide bonds. The number of hydrogen-bond donors (Lipinski definition) is 0. The van der Waals surface area contributed by atoms with Crippen LogP contribution in [-0.4, -0.2) is 11.2 Å². The second-order valence-corrected chi connectivity index (χ2v) is 3.83. The third-order valence-corrected chi connectivity index (χ3v) is 2.81. The maximum Gasteiger partial charge on any atom is 0.0840 e. The summed E-state index contributed by atoms with van der Waals surface area (Å²) >= 11 is 1.74. The molecule has 1 nitrogen and oxygen atoms in total. The van der Waals surface area contributed by atoms with E-state index in [-0.39, 0.29) is 0 Å². The Hall–Kier alpha value is -1.02. The predicted octanol–water partition coefficient (Wildman–Crippen LogP) is 3.27. The van der Waals surface area contributed by atoms with Crippen LogP contribution in [0.15, 0.2) is 35.2 Å². The summed E-state index contributed by atoms with van der Waals surface area (Å²) in [6.07, 6.45) is 2.08. The zero-order chi connectivity index (χ0) is 9.26. The van der Waals surface area contributed by atoms with Crippen molar-refractivity contribution in [2.45, 2.75) is 11.8 Å². The molecule has 1 aromatic heterocycles. The van der Waals surface area contributed by atoms with Gasteiger partial charge in [-0.25, -0.2) is 0 Å². The lowest BCUT2D eigenvalue weighted by atomic mass is 10.2. The number of para-hydroxylation sites is 1. The molecule has 0 saturated carbocycles. The molecule has 2 aromatic rings. The van der Waals surface area contributed by atoms with E-state index in [2.05, 4.69) is 35.5 Å². The van der Waals surface area contributed by atoms with E-state index >= 15 is 0 Å². The Morgan fingerprint density at radius 2 is 2.00 bits per heavy atom. The Bertz CT molecular complexity index is 437. The molecular weight excluding hydrogens is 178 g/mol. The van der Waals surface area contributed by atoms with Crippen LogP contribution >= 0.6 is 11.8 Å². The van der Waals surface area contributed by atoms with Crippen LogP contribution in [0.2, 0.25) is 0 Å². The molecule has 0 atom stereocenters. The molecule has 0 radical (unpaired) electrons. The molecule has 0 aliphatic carbocycles. The van der Waals surface area contributed by atoms with Crippen molar-refractivity contribution >= 4 is 22.7 Å². The highest BCUT2D eigenvalue weighted by molar-refractivity contribution is 7.98. The van der Waals surface area contributed by atoms with E-state index < -0.39 is 0 Å². The Kier molecular flexibility index (Phi) is 2.23. The molecule has 2 rings (SSSR count). The number of benzene rings is 1. The van der Waals surface area contributed by atoms with Crippen LogP contribution in [0.1, 0.15) is 5.69 Å². The Morgan fingerprint density at radius 1 is 1.15 bits per heavy atom. The molecule has 0 N–H and O–H groups in total. The van der Waals surface area contributed by atoms with E-state index in [4.69, 9.17) is 0 Å². The Morgan fingerprint density at radius 3 is 2.77 bits per heavy atom. The molecule has 0 saturated heterocycles. The Balaban J connectivity index is 2.79. The van der Waals surface area contributed by atoms with E-state index in [1.54, 1.807) is 11.8 Å². The minimum absolute atomic E-state index is 1.08. The van der Waals surface area contributed by atoms with Gasteiger partial charge in [-0.2, -0.15) is 0 Å². The number of fused-ring (bicyclic) bond motifs is 1. The summed E-state index contributed by atoms with van der Waals surface area (Å²) in [4.78, 5) is 5.78. The number of aromatic nitrogens is 1. The molecular formula is C11H11NS. The van der Waals surface area contributed by atoms with E-state index in [1.807, 2.05) is 13.0 Å². The minimum atomic E-state index is 1.08. The average molecular weight is 189 g/mol. The van der Waals surface area contributed by atoms with Gasteiger partial charge in [0, 0.05) is 16.0 Å². The maximum atomic E-state index is 4.53. The van der Waals surface area contributed by atoms with Crippen LogP contribution in [0.3, 0.4) is 0 Å². The highest BCUT2D eigenvalue weighted by atomic mass is 32.2. The van der Waals surface area contributed by atoms with Crippen molar-refractivity contribution in [2.75, 3.05) is 6.26 Å². The Labute approximate surface area is 82.2 Å². The average Bonchev–Trinajstić information content (AvgIpc) is 2.17. The van der Waals surface area contributed by atoms with Gasteiger partial charge in [0.05, 0.1) is 5.52 Å². The predicted molar refractivity (Wildman–Crippen MR) is 58.3 cm³/mol. The lowest BCUT2D eigenvalue weighted by molar-refractivity contribution is 1.23. The lowest BCUT2D eigenvalue weighted by Gasteiger charge is -2.02. The second kappa shape index (κ2) is 3.38. The normalized spacial score (nSPS) is 10.6. The van der Waals surface area contributed by atoms with Crippen molar-refractivity contribution in [1.29, 1.82) is 0 Å². The quantitative estimate of drug-likeness (QED) is 0.639. The fourth-order valence-corrected chi connectivity index (χ4v) is 1.95. The summed E-state index contributed by atoms with van der Waals surface area (Å²) in [5.74, 6) is 0. The van der Waals surface area contributed by atoms with Crippen LogP contribution in [0.5, 0.6) is 0 Å². The molecule has 1 aromatic carbocycles. The van der Waals surface area contributed by atoms with Gasteiger partial charge in [0.15, 0.2) is 0 Å². The molecule has 1 heterocycles. The molecule has 0 spiro atoms. The number of hydrogen-bond acceptors (Lipinski definition) is 2. The van der Waals surface area contributed by atoms with Gasteiger partial charge in [0.25, 0.3) is 0 Å². The summed E-state index contributed by atoms with van der Waals surface area (Å²) in [5.41, 5.74) is 2.20. The van der Waals surface area contributed by atoms with Crippen LogP contribution in [0, 0.1) is 6.92 Å². The van der Waals surface area contributed by atoms with Gasteiger partial charge in [-0.3, -0.25) is 4.98 Å². The van der Waals surface area contributed by atoms with Crippen molar-refractivity contribution < 1.29 is 0 Å². The summed E-state index contributed by atoms with van der Waals surface area (Å²) < 4.78 is 0. The second-order valence-electron chi connectivity index (χ2n) is 2.98. The van der Waals surface area contributed by atoms with Gasteiger partial charge in [0.2, 0.25) is 0 Å². The fourth-order valence-electron chi connectivity index (χ4n) is 1.38. The number of rotatable bonds is 1. The van der Waals surface area contributed by atoms with E-state index in [0.717, 1.165) is 11.2 Å². The summed E-state index contributed by atoms with van der Waals surface area (Å²) in [6.45, 7) is 2.02.